The molecule has 1 aromatic heterocycles. The Morgan fingerprint density at radius 2 is 2.29 bits per heavy atom. The molecular weight excluding hydrogens is 196 g/mol. The minimum absolute atomic E-state index is 0.380. The standard InChI is InChI=1S/C10H14N2OS/c1-5-2-3-6-7(4-5)14-10(12)8(6)9(11)13/h5H,2-4,12H2,1H3,(H2,11,13)/t5-/m0/s1. The van der Waals surface area contributed by atoms with Crippen LogP contribution in [0.15, 0.2) is 0 Å². The summed E-state index contributed by atoms with van der Waals surface area (Å²) in [6.45, 7) is 2.22. The van der Waals surface area contributed by atoms with Crippen molar-refractivity contribution < 1.29 is 4.79 Å². The van der Waals surface area contributed by atoms with Crippen molar-refractivity contribution in [3.05, 3.63) is 16.0 Å². The highest BCUT2D eigenvalue weighted by Crippen LogP contribution is 2.37. The molecule has 0 fully saturated rings. The maximum atomic E-state index is 11.2. The van der Waals surface area contributed by atoms with Crippen molar-refractivity contribution in [3.63, 3.8) is 0 Å². The van der Waals surface area contributed by atoms with Gasteiger partial charge in [0, 0.05) is 4.88 Å². The Morgan fingerprint density at radius 3 is 2.93 bits per heavy atom. The minimum Gasteiger partial charge on any atom is -0.390 e. The topological polar surface area (TPSA) is 69.1 Å². The number of hydrogen-bond donors (Lipinski definition) is 2. The van der Waals surface area contributed by atoms with Crippen molar-refractivity contribution in [3.8, 4) is 0 Å². The number of carbonyl (C=O) groups excluding carboxylic acids is 1. The SMILES string of the molecule is C[C@H]1CCc2c(sc(N)c2C(N)=O)C1. The number of thiophene rings is 1. The second kappa shape index (κ2) is 3.28. The van der Waals surface area contributed by atoms with Gasteiger partial charge >= 0.3 is 0 Å². The van der Waals surface area contributed by atoms with Crippen LogP contribution in [0.3, 0.4) is 0 Å². The van der Waals surface area contributed by atoms with E-state index in [1.807, 2.05) is 0 Å². The Bertz CT molecular complexity index is 384. The monoisotopic (exact) mass is 210 g/mol. The predicted octanol–water partition coefficient (Wildman–Crippen LogP) is 1.55. The Kier molecular flexibility index (Phi) is 2.23. The van der Waals surface area contributed by atoms with Gasteiger partial charge in [0.05, 0.1) is 10.6 Å². The second-order valence-electron chi connectivity index (χ2n) is 3.96. The van der Waals surface area contributed by atoms with Crippen molar-refractivity contribution in [1.29, 1.82) is 0 Å². The van der Waals surface area contributed by atoms with E-state index in [-0.39, 0.29) is 5.91 Å². The Morgan fingerprint density at radius 1 is 1.57 bits per heavy atom. The Hall–Kier alpha value is -1.03. The summed E-state index contributed by atoms with van der Waals surface area (Å²) in [4.78, 5) is 12.4. The van der Waals surface area contributed by atoms with Crippen LogP contribution < -0.4 is 11.5 Å². The summed E-state index contributed by atoms with van der Waals surface area (Å²) in [7, 11) is 0. The molecule has 3 nitrogen and oxygen atoms in total. The highest BCUT2D eigenvalue weighted by atomic mass is 32.1. The number of carbonyl (C=O) groups is 1. The van der Waals surface area contributed by atoms with Crippen molar-refractivity contribution in [1.82, 2.24) is 0 Å². The first-order valence-corrected chi connectivity index (χ1v) is 5.61. The van der Waals surface area contributed by atoms with Gasteiger partial charge in [-0.15, -0.1) is 11.3 Å². The fourth-order valence-electron chi connectivity index (χ4n) is 2.04. The summed E-state index contributed by atoms with van der Waals surface area (Å²) in [5.41, 5.74) is 12.8. The lowest BCUT2D eigenvalue weighted by Crippen LogP contribution is -2.17. The van der Waals surface area contributed by atoms with Crippen LogP contribution in [-0.4, -0.2) is 5.91 Å². The van der Waals surface area contributed by atoms with E-state index in [9.17, 15) is 4.79 Å². The summed E-state index contributed by atoms with van der Waals surface area (Å²) in [6.07, 6.45) is 3.11. The van der Waals surface area contributed by atoms with Crippen molar-refractivity contribution in [2.45, 2.75) is 26.2 Å². The maximum absolute atomic E-state index is 11.2. The van der Waals surface area contributed by atoms with Crippen molar-refractivity contribution in [2.24, 2.45) is 11.7 Å². The van der Waals surface area contributed by atoms with E-state index in [0.717, 1.165) is 24.8 Å². The third-order valence-electron chi connectivity index (χ3n) is 2.79. The number of nitrogen functional groups attached to an aromatic ring is 1. The largest absolute Gasteiger partial charge is 0.390 e. The molecule has 0 aromatic carbocycles. The lowest BCUT2D eigenvalue weighted by molar-refractivity contribution is 0.100. The van der Waals surface area contributed by atoms with Gasteiger partial charge in [0.15, 0.2) is 0 Å². The first kappa shape index (κ1) is 9.52. The molecule has 2 rings (SSSR count). The number of amides is 1. The summed E-state index contributed by atoms with van der Waals surface area (Å²) in [5.74, 6) is 0.316. The molecule has 0 saturated heterocycles. The minimum atomic E-state index is -0.380. The molecule has 1 aromatic rings. The van der Waals surface area contributed by atoms with Gasteiger partial charge in [-0.25, -0.2) is 0 Å². The third kappa shape index (κ3) is 1.39. The molecule has 1 aliphatic rings. The van der Waals surface area contributed by atoms with Gasteiger partial charge in [0.25, 0.3) is 5.91 Å². The van der Waals surface area contributed by atoms with Crippen LogP contribution in [0.25, 0.3) is 0 Å². The number of anilines is 1. The second-order valence-corrected chi connectivity index (χ2v) is 5.09. The average Bonchev–Trinajstić information content (AvgIpc) is 2.39. The van der Waals surface area contributed by atoms with Crippen LogP contribution in [0.4, 0.5) is 5.00 Å². The van der Waals surface area contributed by atoms with Gasteiger partial charge < -0.3 is 11.5 Å². The molecule has 1 atom stereocenters. The van der Waals surface area contributed by atoms with E-state index < -0.39 is 0 Å². The molecule has 0 spiro atoms. The van der Waals surface area contributed by atoms with Crippen LogP contribution in [-0.2, 0) is 12.8 Å². The Balaban J connectivity index is 2.49. The van der Waals surface area contributed by atoms with Crippen molar-refractivity contribution >= 4 is 22.2 Å². The molecule has 4 N–H and O–H groups in total. The number of fused-ring (bicyclic) bond motifs is 1. The van der Waals surface area contributed by atoms with E-state index in [2.05, 4.69) is 6.92 Å². The molecule has 0 bridgehead atoms. The summed E-state index contributed by atoms with van der Waals surface area (Å²) >= 11 is 1.53. The fourth-order valence-corrected chi connectivity index (χ4v) is 3.33. The van der Waals surface area contributed by atoms with E-state index in [1.165, 1.54) is 16.2 Å². The molecule has 0 saturated carbocycles. The summed E-state index contributed by atoms with van der Waals surface area (Å²) in [5, 5.41) is 0.594. The van der Waals surface area contributed by atoms with Gasteiger partial charge in [-0.1, -0.05) is 6.92 Å². The predicted molar refractivity (Wildman–Crippen MR) is 58.4 cm³/mol. The van der Waals surface area contributed by atoms with Crippen LogP contribution in [0.2, 0.25) is 0 Å². The normalized spacial score (nSPS) is 20.5. The highest BCUT2D eigenvalue weighted by Gasteiger charge is 2.24. The van der Waals surface area contributed by atoms with Crippen molar-refractivity contribution in [2.75, 3.05) is 5.73 Å². The Labute approximate surface area is 87.1 Å². The smallest absolute Gasteiger partial charge is 0.251 e. The zero-order valence-electron chi connectivity index (χ0n) is 8.17. The van der Waals surface area contributed by atoms with Gasteiger partial charge in [0.2, 0.25) is 0 Å². The first-order chi connectivity index (χ1) is 6.59. The lowest BCUT2D eigenvalue weighted by atomic mass is 9.88. The zero-order chi connectivity index (χ0) is 10.3. The number of nitrogens with two attached hydrogens (primary N) is 2. The van der Waals surface area contributed by atoms with E-state index >= 15 is 0 Å². The molecule has 0 unspecified atom stereocenters. The van der Waals surface area contributed by atoms with Crippen LogP contribution in [0.1, 0.15) is 34.1 Å². The highest BCUT2D eigenvalue weighted by molar-refractivity contribution is 7.16. The van der Waals surface area contributed by atoms with Gasteiger partial charge in [-0.3, -0.25) is 4.79 Å². The molecule has 0 radical (unpaired) electrons. The van der Waals surface area contributed by atoms with Crippen LogP contribution >= 0.6 is 11.3 Å². The van der Waals surface area contributed by atoms with Crippen LogP contribution in [0.5, 0.6) is 0 Å². The van der Waals surface area contributed by atoms with E-state index in [4.69, 9.17) is 11.5 Å². The summed E-state index contributed by atoms with van der Waals surface area (Å²) < 4.78 is 0. The molecule has 1 amide bonds. The van der Waals surface area contributed by atoms with Gasteiger partial charge in [-0.2, -0.15) is 0 Å². The number of rotatable bonds is 1. The molecule has 4 heteroatoms. The molecule has 1 aliphatic carbocycles. The number of hydrogen-bond acceptors (Lipinski definition) is 3. The third-order valence-corrected chi connectivity index (χ3v) is 3.87. The molecule has 1 heterocycles. The van der Waals surface area contributed by atoms with E-state index in [1.54, 1.807) is 0 Å². The summed E-state index contributed by atoms with van der Waals surface area (Å²) in [6, 6.07) is 0. The lowest BCUT2D eigenvalue weighted by Gasteiger charge is -2.18. The van der Waals surface area contributed by atoms with Crippen LogP contribution in [0, 0.1) is 5.92 Å². The molecule has 76 valence electrons. The first-order valence-electron chi connectivity index (χ1n) is 4.79. The van der Waals surface area contributed by atoms with Gasteiger partial charge in [-0.05, 0) is 30.7 Å². The molecular formula is C10H14N2OS. The maximum Gasteiger partial charge on any atom is 0.251 e. The molecule has 14 heavy (non-hydrogen) atoms. The zero-order valence-corrected chi connectivity index (χ0v) is 8.99. The fraction of sp³-hybridized carbons (Fsp3) is 0.500. The number of primary amides is 1. The average molecular weight is 210 g/mol. The van der Waals surface area contributed by atoms with E-state index in [0.29, 0.717) is 16.5 Å². The van der Waals surface area contributed by atoms with Gasteiger partial charge in [0.1, 0.15) is 0 Å². The molecule has 0 aliphatic heterocycles. The quantitative estimate of drug-likeness (QED) is 0.738.